The summed E-state index contributed by atoms with van der Waals surface area (Å²) in [7, 11) is 0. The van der Waals surface area contributed by atoms with Crippen LogP contribution in [0.3, 0.4) is 0 Å². The van der Waals surface area contributed by atoms with Gasteiger partial charge in [0.15, 0.2) is 5.78 Å². The van der Waals surface area contributed by atoms with Gasteiger partial charge in [0, 0.05) is 12.5 Å². The Hall–Kier alpha value is -1.68. The minimum absolute atomic E-state index is 0.0944. The number of aliphatic hydroxyl groups excluding tert-OH is 1. The van der Waals surface area contributed by atoms with Crippen LogP contribution in [-0.4, -0.2) is 23.0 Å². The molecule has 3 nitrogen and oxygen atoms in total. The second kappa shape index (κ2) is 7.72. The number of halogens is 1. The summed E-state index contributed by atoms with van der Waals surface area (Å²) in [6.45, 7) is 6.31. The van der Waals surface area contributed by atoms with Crippen LogP contribution in [0.15, 0.2) is 29.8 Å². The lowest BCUT2D eigenvalue weighted by Gasteiger charge is -2.57. The summed E-state index contributed by atoms with van der Waals surface area (Å²) >= 11 is 0. The Morgan fingerprint density at radius 2 is 1.94 bits per heavy atom. The first-order valence-corrected chi connectivity index (χ1v) is 12.3. The van der Waals surface area contributed by atoms with Crippen LogP contribution < -0.4 is 5.32 Å². The number of hydrogen-bond acceptors (Lipinski definition) is 3. The molecule has 0 radical (unpaired) electrons. The highest BCUT2D eigenvalue weighted by Gasteiger charge is 2.59. The molecule has 0 amide bonds. The van der Waals surface area contributed by atoms with Crippen molar-refractivity contribution in [3.8, 4) is 0 Å². The van der Waals surface area contributed by atoms with E-state index in [4.69, 9.17) is 0 Å². The molecule has 4 aliphatic rings. The Balaban J connectivity index is 1.56. The number of carbonyl (C=O) groups excluding carboxylic acids is 1. The number of nitrogens with one attached hydrogen (secondary N) is 1. The third-order valence-electron chi connectivity index (χ3n) is 9.12. The number of rotatable bonds is 3. The number of fused-ring (bicyclic) bond motifs is 5. The van der Waals surface area contributed by atoms with E-state index >= 15 is 4.39 Å². The maximum Gasteiger partial charge on any atom is 0.155 e. The smallest absolute Gasteiger partial charge is 0.155 e. The molecule has 168 valence electrons. The van der Waals surface area contributed by atoms with E-state index in [-0.39, 0.29) is 35.1 Å². The van der Waals surface area contributed by atoms with Crippen molar-refractivity contribution in [1.82, 2.24) is 0 Å². The second-order valence-corrected chi connectivity index (χ2v) is 11.2. The molecule has 0 bridgehead atoms. The van der Waals surface area contributed by atoms with Gasteiger partial charge in [0.1, 0.15) is 5.82 Å². The van der Waals surface area contributed by atoms with Crippen molar-refractivity contribution in [2.24, 2.45) is 29.1 Å². The molecule has 1 aromatic carbocycles. The number of allylic oxidation sites excluding steroid dienone is 1. The first kappa shape index (κ1) is 21.2. The fraction of sp³-hybridized carbons (Fsp3) is 0.667. The standard InChI is InChI=1S/C27H36FNO2/c1-15(2)29-24-10-5-17(13-23(24)28)21-14-27(3)22(9-11-25(27)31)20-7-4-16-12-18(30)6-8-19(16)26(20)21/h5,10,12-13,15,19-22,25-26,29,31H,4,6-9,11,14H2,1-3H3. The van der Waals surface area contributed by atoms with Crippen molar-refractivity contribution in [3.63, 3.8) is 0 Å². The Labute approximate surface area is 185 Å². The molecule has 4 heteroatoms. The van der Waals surface area contributed by atoms with Gasteiger partial charge in [0.2, 0.25) is 0 Å². The van der Waals surface area contributed by atoms with Crippen LogP contribution in [0.25, 0.3) is 0 Å². The summed E-state index contributed by atoms with van der Waals surface area (Å²) in [5.74, 6) is 2.27. The van der Waals surface area contributed by atoms with Crippen LogP contribution in [0, 0.1) is 34.9 Å². The zero-order valence-electron chi connectivity index (χ0n) is 19.0. The molecule has 3 saturated carbocycles. The SMILES string of the molecule is CC(C)Nc1ccc(C2CC3(C)C(O)CCC3C3CCC4=CC(=O)CCC4C23)cc1F. The molecule has 3 fully saturated rings. The first-order chi connectivity index (χ1) is 14.8. The summed E-state index contributed by atoms with van der Waals surface area (Å²) in [6.07, 6.45) is 8.24. The Kier molecular flexibility index (Phi) is 5.28. The van der Waals surface area contributed by atoms with Gasteiger partial charge in [-0.05, 0) is 111 Å². The van der Waals surface area contributed by atoms with Gasteiger partial charge in [-0.25, -0.2) is 4.39 Å². The molecule has 2 N–H and O–H groups in total. The van der Waals surface area contributed by atoms with Gasteiger partial charge in [0.05, 0.1) is 11.8 Å². The molecule has 0 aliphatic heterocycles. The topological polar surface area (TPSA) is 49.3 Å². The van der Waals surface area contributed by atoms with E-state index in [0.717, 1.165) is 44.1 Å². The Morgan fingerprint density at radius 1 is 1.13 bits per heavy atom. The third-order valence-corrected chi connectivity index (χ3v) is 9.12. The molecular formula is C27H36FNO2. The summed E-state index contributed by atoms with van der Waals surface area (Å²) in [5.41, 5.74) is 2.87. The lowest BCUT2D eigenvalue weighted by atomic mass is 9.48. The van der Waals surface area contributed by atoms with E-state index in [9.17, 15) is 9.90 Å². The van der Waals surface area contributed by atoms with E-state index in [2.05, 4.69) is 18.3 Å². The van der Waals surface area contributed by atoms with Crippen LogP contribution in [0.2, 0.25) is 0 Å². The lowest BCUT2D eigenvalue weighted by molar-refractivity contribution is -0.116. The summed E-state index contributed by atoms with van der Waals surface area (Å²) in [4.78, 5) is 12.1. The van der Waals surface area contributed by atoms with E-state index in [1.165, 1.54) is 5.57 Å². The van der Waals surface area contributed by atoms with E-state index in [1.54, 1.807) is 6.07 Å². The average molecular weight is 426 g/mol. The second-order valence-electron chi connectivity index (χ2n) is 11.2. The minimum atomic E-state index is -0.266. The molecule has 0 saturated heterocycles. The molecular weight excluding hydrogens is 389 g/mol. The van der Waals surface area contributed by atoms with Crippen LogP contribution in [-0.2, 0) is 4.79 Å². The largest absolute Gasteiger partial charge is 0.393 e. The van der Waals surface area contributed by atoms with Crippen molar-refractivity contribution in [2.45, 2.75) is 83.8 Å². The predicted octanol–water partition coefficient (Wildman–Crippen LogP) is 5.84. The zero-order chi connectivity index (χ0) is 21.9. The number of benzene rings is 1. The number of carbonyl (C=O) groups is 1. The van der Waals surface area contributed by atoms with Crippen LogP contribution in [0.5, 0.6) is 0 Å². The molecule has 7 atom stereocenters. The van der Waals surface area contributed by atoms with Crippen molar-refractivity contribution in [2.75, 3.05) is 5.32 Å². The van der Waals surface area contributed by atoms with Crippen molar-refractivity contribution in [3.05, 3.63) is 41.2 Å². The first-order valence-electron chi connectivity index (χ1n) is 12.3. The number of aliphatic hydroxyl groups is 1. The van der Waals surface area contributed by atoms with Crippen LogP contribution in [0.4, 0.5) is 10.1 Å². The van der Waals surface area contributed by atoms with Gasteiger partial charge in [-0.15, -0.1) is 0 Å². The van der Waals surface area contributed by atoms with Gasteiger partial charge in [-0.1, -0.05) is 18.6 Å². The molecule has 0 heterocycles. The maximum atomic E-state index is 15.0. The predicted molar refractivity (Wildman–Crippen MR) is 121 cm³/mol. The highest BCUT2D eigenvalue weighted by Crippen LogP contribution is 2.65. The van der Waals surface area contributed by atoms with Crippen molar-refractivity contribution in [1.29, 1.82) is 0 Å². The van der Waals surface area contributed by atoms with Gasteiger partial charge < -0.3 is 10.4 Å². The third kappa shape index (κ3) is 3.46. The molecule has 31 heavy (non-hydrogen) atoms. The van der Waals surface area contributed by atoms with Crippen LogP contribution in [0.1, 0.15) is 77.2 Å². The number of hydrogen-bond donors (Lipinski definition) is 2. The number of anilines is 1. The van der Waals surface area contributed by atoms with Gasteiger partial charge in [-0.2, -0.15) is 0 Å². The van der Waals surface area contributed by atoms with Gasteiger partial charge in [0.25, 0.3) is 0 Å². The van der Waals surface area contributed by atoms with Gasteiger partial charge >= 0.3 is 0 Å². The lowest BCUT2D eigenvalue weighted by Crippen LogP contribution is -2.50. The molecule has 0 aromatic heterocycles. The van der Waals surface area contributed by atoms with Crippen molar-refractivity contribution >= 4 is 11.5 Å². The molecule has 5 rings (SSSR count). The zero-order valence-corrected chi connectivity index (χ0v) is 19.0. The fourth-order valence-corrected chi connectivity index (χ4v) is 7.81. The Morgan fingerprint density at radius 3 is 2.68 bits per heavy atom. The summed E-state index contributed by atoms with van der Waals surface area (Å²) in [5, 5.41) is 14.2. The number of ketones is 1. The van der Waals surface area contributed by atoms with E-state index in [0.29, 0.717) is 35.8 Å². The molecule has 0 spiro atoms. The quantitative estimate of drug-likeness (QED) is 0.639. The molecule has 7 unspecified atom stereocenters. The monoisotopic (exact) mass is 425 g/mol. The fourth-order valence-electron chi connectivity index (χ4n) is 7.81. The highest BCUT2D eigenvalue weighted by atomic mass is 19.1. The Bertz CT molecular complexity index is 908. The maximum absolute atomic E-state index is 15.0. The minimum Gasteiger partial charge on any atom is -0.393 e. The van der Waals surface area contributed by atoms with E-state index in [1.807, 2.05) is 26.0 Å². The molecule has 4 aliphatic carbocycles. The molecule has 1 aromatic rings. The highest BCUT2D eigenvalue weighted by molar-refractivity contribution is 5.91. The normalized spacial score (nSPS) is 39.5. The summed E-state index contributed by atoms with van der Waals surface area (Å²) in [6, 6.07) is 5.91. The van der Waals surface area contributed by atoms with Crippen molar-refractivity contribution < 1.29 is 14.3 Å². The van der Waals surface area contributed by atoms with E-state index < -0.39 is 0 Å². The average Bonchev–Trinajstić information content (AvgIpc) is 3.02. The summed E-state index contributed by atoms with van der Waals surface area (Å²) < 4.78 is 15.0. The van der Waals surface area contributed by atoms with Crippen LogP contribution >= 0.6 is 0 Å². The van der Waals surface area contributed by atoms with Gasteiger partial charge in [-0.3, -0.25) is 4.79 Å².